The van der Waals surface area contributed by atoms with Gasteiger partial charge in [0.25, 0.3) is 0 Å². The number of carbonyl (C=O) groups excluding carboxylic acids is 2. The van der Waals surface area contributed by atoms with Gasteiger partial charge in [-0.25, -0.2) is 0 Å². The van der Waals surface area contributed by atoms with E-state index in [1.54, 1.807) is 75.4 Å². The molecule has 0 bridgehead atoms. The molecule has 0 aliphatic heterocycles. The summed E-state index contributed by atoms with van der Waals surface area (Å²) in [4.78, 5) is 22.7. The van der Waals surface area contributed by atoms with Gasteiger partial charge in [-0.05, 0) is 49.1 Å². The molecule has 174 valence electrons. The van der Waals surface area contributed by atoms with Gasteiger partial charge in [-0.15, -0.1) is 0 Å². The van der Waals surface area contributed by atoms with E-state index in [1.807, 2.05) is 0 Å². The first kappa shape index (κ1) is 25.4. The van der Waals surface area contributed by atoms with Gasteiger partial charge in [0, 0.05) is 11.8 Å². The number of nitrogens with one attached hydrogen (secondary N) is 1. The van der Waals surface area contributed by atoms with Crippen molar-refractivity contribution in [3.8, 4) is 0 Å². The van der Waals surface area contributed by atoms with Crippen molar-refractivity contribution >= 4 is 35.1 Å². The van der Waals surface area contributed by atoms with Gasteiger partial charge in [-0.2, -0.15) is 0 Å². The molecule has 0 fully saturated rings. The van der Waals surface area contributed by atoms with E-state index in [4.69, 9.17) is 27.3 Å². The van der Waals surface area contributed by atoms with Crippen molar-refractivity contribution in [3.63, 3.8) is 0 Å². The smallest absolute Gasteiger partial charge is 0.313 e. The van der Waals surface area contributed by atoms with Crippen molar-refractivity contribution in [1.29, 1.82) is 5.41 Å². The van der Waals surface area contributed by atoms with E-state index < -0.39 is 23.6 Å². The fraction of sp³-hybridized carbons (Fsp3) is 0.240. The lowest BCUT2D eigenvalue weighted by Gasteiger charge is -2.20. The van der Waals surface area contributed by atoms with Gasteiger partial charge in [0.15, 0.2) is 0 Å². The number of ether oxygens (including phenoxy) is 1. The molecule has 8 N–H and O–H groups in total. The predicted molar refractivity (Wildman–Crippen MR) is 129 cm³/mol. The molecular formula is C25H30N4O4. The molecular weight excluding hydrogens is 420 g/mol. The molecule has 0 saturated heterocycles. The fourth-order valence-corrected chi connectivity index (χ4v) is 2.75. The zero-order valence-corrected chi connectivity index (χ0v) is 19.0. The standard InChI is InChI=1S/C25H30N4O4/c1-25(2,3)24(32)33-21(31)14-19(26)16-9-11-18(12-10-16)23(29)22(28)17-7-4-15(5-8-17)6-13-20(27)30/h4-13,21,26,31H,14,28-29H2,1-3H3,(H2,27,30)/b13-6+,23-22-,26-19?. The van der Waals surface area contributed by atoms with Crippen LogP contribution < -0.4 is 17.2 Å². The van der Waals surface area contributed by atoms with E-state index in [9.17, 15) is 14.7 Å². The zero-order chi connectivity index (χ0) is 24.8. The third-order valence-electron chi connectivity index (χ3n) is 4.73. The van der Waals surface area contributed by atoms with Gasteiger partial charge < -0.3 is 32.5 Å². The molecule has 33 heavy (non-hydrogen) atoms. The van der Waals surface area contributed by atoms with Crippen molar-refractivity contribution in [2.24, 2.45) is 22.6 Å². The van der Waals surface area contributed by atoms with E-state index in [1.165, 1.54) is 6.08 Å². The Morgan fingerprint density at radius 3 is 1.85 bits per heavy atom. The van der Waals surface area contributed by atoms with Gasteiger partial charge in [-0.1, -0.05) is 48.5 Å². The van der Waals surface area contributed by atoms with Crippen LogP contribution in [0.3, 0.4) is 0 Å². The van der Waals surface area contributed by atoms with Crippen LogP contribution in [0.5, 0.6) is 0 Å². The van der Waals surface area contributed by atoms with E-state index in [0.29, 0.717) is 28.1 Å². The van der Waals surface area contributed by atoms with Crippen LogP contribution in [0.4, 0.5) is 0 Å². The molecule has 0 aliphatic carbocycles. The topological polar surface area (TPSA) is 166 Å². The number of carbonyl (C=O) groups is 2. The SMILES string of the molecule is CC(C)(C)C(=O)OC(O)CC(=N)c1ccc(/C(N)=C(/N)c2ccc(/C=C/C(N)=O)cc2)cc1. The Labute approximate surface area is 193 Å². The minimum Gasteiger partial charge on any atom is -0.435 e. The molecule has 2 aromatic carbocycles. The van der Waals surface area contributed by atoms with Crippen LogP contribution in [0.25, 0.3) is 17.5 Å². The molecule has 0 aliphatic rings. The van der Waals surface area contributed by atoms with Crippen LogP contribution in [0.15, 0.2) is 54.6 Å². The summed E-state index contributed by atoms with van der Waals surface area (Å²) in [5.41, 5.74) is 20.4. The molecule has 0 aromatic heterocycles. The average Bonchev–Trinajstić information content (AvgIpc) is 2.76. The number of esters is 1. The van der Waals surface area contributed by atoms with Crippen molar-refractivity contribution < 1.29 is 19.4 Å². The van der Waals surface area contributed by atoms with Gasteiger partial charge in [0.2, 0.25) is 12.2 Å². The maximum absolute atomic E-state index is 11.9. The van der Waals surface area contributed by atoms with Gasteiger partial charge in [0.05, 0.1) is 23.2 Å². The number of amides is 1. The number of aliphatic hydroxyl groups is 1. The molecule has 2 aromatic rings. The Kier molecular flexibility index (Phi) is 8.15. The van der Waals surface area contributed by atoms with Crippen molar-refractivity contribution in [1.82, 2.24) is 0 Å². The minimum absolute atomic E-state index is 0.117. The summed E-state index contributed by atoms with van der Waals surface area (Å²) in [5, 5.41) is 18.2. The third kappa shape index (κ3) is 7.33. The first-order valence-corrected chi connectivity index (χ1v) is 10.3. The Hall–Kier alpha value is -3.91. The second-order valence-corrected chi connectivity index (χ2v) is 8.56. The predicted octanol–water partition coefficient (Wildman–Crippen LogP) is 2.59. The van der Waals surface area contributed by atoms with Crippen LogP contribution in [0.1, 0.15) is 49.4 Å². The Bertz CT molecular complexity index is 1080. The minimum atomic E-state index is -1.40. The van der Waals surface area contributed by atoms with Gasteiger partial charge in [0.1, 0.15) is 0 Å². The summed E-state index contributed by atoms with van der Waals surface area (Å²) in [6.07, 6.45) is 1.34. The van der Waals surface area contributed by atoms with E-state index in [-0.39, 0.29) is 12.1 Å². The Morgan fingerprint density at radius 1 is 0.939 bits per heavy atom. The van der Waals surface area contributed by atoms with Crippen molar-refractivity contribution in [3.05, 3.63) is 76.9 Å². The summed E-state index contributed by atoms with van der Waals surface area (Å²) < 4.78 is 4.99. The molecule has 0 spiro atoms. The summed E-state index contributed by atoms with van der Waals surface area (Å²) in [5.74, 6) is -1.07. The van der Waals surface area contributed by atoms with Gasteiger partial charge in [-0.3, -0.25) is 9.59 Å². The van der Waals surface area contributed by atoms with Crippen molar-refractivity contribution in [2.45, 2.75) is 33.5 Å². The number of hydrogen-bond donors (Lipinski definition) is 5. The molecule has 1 amide bonds. The molecule has 0 heterocycles. The molecule has 1 unspecified atom stereocenters. The number of benzene rings is 2. The normalized spacial score (nSPS) is 13.3. The highest BCUT2D eigenvalue weighted by Crippen LogP contribution is 2.21. The van der Waals surface area contributed by atoms with Crippen LogP contribution in [-0.4, -0.2) is 29.0 Å². The van der Waals surface area contributed by atoms with Gasteiger partial charge >= 0.3 is 5.97 Å². The lowest BCUT2D eigenvalue weighted by atomic mass is 9.97. The molecule has 0 saturated carbocycles. The largest absolute Gasteiger partial charge is 0.435 e. The zero-order valence-electron chi connectivity index (χ0n) is 19.0. The fourth-order valence-electron chi connectivity index (χ4n) is 2.75. The summed E-state index contributed by atoms with van der Waals surface area (Å²) >= 11 is 0. The highest BCUT2D eigenvalue weighted by atomic mass is 16.6. The number of primary amides is 1. The maximum Gasteiger partial charge on any atom is 0.313 e. The Balaban J connectivity index is 2.10. The van der Waals surface area contributed by atoms with E-state index >= 15 is 0 Å². The average molecular weight is 451 g/mol. The lowest BCUT2D eigenvalue weighted by Crippen LogP contribution is -2.29. The Morgan fingerprint density at radius 2 is 1.39 bits per heavy atom. The highest BCUT2D eigenvalue weighted by Gasteiger charge is 2.26. The second-order valence-electron chi connectivity index (χ2n) is 8.56. The first-order valence-electron chi connectivity index (χ1n) is 10.3. The number of hydrogen-bond acceptors (Lipinski definition) is 7. The van der Waals surface area contributed by atoms with Crippen LogP contribution >= 0.6 is 0 Å². The quantitative estimate of drug-likeness (QED) is 0.136. The molecule has 0 radical (unpaired) electrons. The molecule has 1 atom stereocenters. The maximum atomic E-state index is 11.9. The first-order chi connectivity index (χ1) is 15.4. The van der Waals surface area contributed by atoms with E-state index in [0.717, 1.165) is 5.56 Å². The summed E-state index contributed by atoms with van der Waals surface area (Å²) in [7, 11) is 0. The van der Waals surface area contributed by atoms with Crippen LogP contribution in [0, 0.1) is 10.8 Å². The number of aliphatic hydroxyl groups excluding tert-OH is 1. The van der Waals surface area contributed by atoms with Crippen molar-refractivity contribution in [2.75, 3.05) is 0 Å². The van der Waals surface area contributed by atoms with E-state index in [2.05, 4.69) is 0 Å². The summed E-state index contributed by atoms with van der Waals surface area (Å²) in [6.45, 7) is 5.06. The van der Waals surface area contributed by atoms with Crippen LogP contribution in [-0.2, 0) is 14.3 Å². The summed E-state index contributed by atoms with van der Waals surface area (Å²) in [6, 6.07) is 14.0. The third-order valence-corrected chi connectivity index (χ3v) is 4.73. The molecule has 8 heteroatoms. The van der Waals surface area contributed by atoms with Crippen LogP contribution in [0.2, 0.25) is 0 Å². The number of rotatable bonds is 8. The lowest BCUT2D eigenvalue weighted by molar-refractivity contribution is -0.176. The number of nitrogens with two attached hydrogens (primary N) is 3. The highest BCUT2D eigenvalue weighted by molar-refractivity contribution is 5.99. The molecule has 8 nitrogen and oxygen atoms in total. The molecule has 2 rings (SSSR count). The monoisotopic (exact) mass is 450 g/mol. The second kappa shape index (κ2) is 10.6.